The molecular weight excluding hydrogens is 332 g/mol. The van der Waals surface area contributed by atoms with Crippen molar-refractivity contribution in [2.24, 2.45) is 0 Å². The number of rotatable bonds is 4. The minimum Gasteiger partial charge on any atom is -0.251 e. The Morgan fingerprint density at radius 1 is 1.17 bits per heavy atom. The molecule has 0 aliphatic heterocycles. The van der Waals surface area contributed by atoms with Gasteiger partial charge in [0.2, 0.25) is 0 Å². The summed E-state index contributed by atoms with van der Waals surface area (Å²) in [4.78, 5) is 4.59. The second kappa shape index (κ2) is 6.05. The van der Waals surface area contributed by atoms with Crippen molar-refractivity contribution < 1.29 is 8.42 Å². The van der Waals surface area contributed by atoms with Gasteiger partial charge in [-0.25, -0.2) is 13.4 Å². The van der Waals surface area contributed by atoms with Crippen molar-refractivity contribution in [3.8, 4) is 10.6 Å². The Bertz CT molecular complexity index is 923. The van der Waals surface area contributed by atoms with Crippen LogP contribution in [0.15, 0.2) is 52.9 Å². The summed E-state index contributed by atoms with van der Waals surface area (Å²) in [6.07, 6.45) is 1.50. The number of hydrogen-bond acceptors (Lipinski definition) is 6. The molecule has 0 atom stereocenters. The zero-order chi connectivity index (χ0) is 16.4. The average Bonchev–Trinajstić information content (AvgIpc) is 3.01. The molecular formula is C15H14N4O2S2. The maximum Gasteiger partial charge on any atom is 0.265 e. The number of nitrogens with zero attached hydrogens (tertiary/aromatic N) is 4. The van der Waals surface area contributed by atoms with Crippen molar-refractivity contribution >= 4 is 27.2 Å². The SMILES string of the molecule is Cc1csc(-c2cccc(S(=O)(=O)N(C)c3cccnn3)c2)n1. The van der Waals surface area contributed by atoms with Gasteiger partial charge in [-0.2, -0.15) is 5.10 Å². The molecule has 23 heavy (non-hydrogen) atoms. The third-order valence-electron chi connectivity index (χ3n) is 3.24. The number of hydrogen-bond donors (Lipinski definition) is 0. The van der Waals surface area contributed by atoms with Crippen molar-refractivity contribution in [1.29, 1.82) is 0 Å². The first-order chi connectivity index (χ1) is 11.0. The van der Waals surface area contributed by atoms with Gasteiger partial charge in [0.15, 0.2) is 5.82 Å². The number of aromatic nitrogens is 3. The molecule has 3 aromatic rings. The molecule has 0 saturated heterocycles. The third-order valence-corrected chi connectivity index (χ3v) is 6.01. The molecule has 1 aromatic carbocycles. The summed E-state index contributed by atoms with van der Waals surface area (Å²) in [5, 5.41) is 10.3. The third kappa shape index (κ3) is 3.08. The van der Waals surface area contributed by atoms with E-state index in [1.807, 2.05) is 18.4 Å². The monoisotopic (exact) mass is 346 g/mol. The first-order valence-corrected chi connectivity index (χ1v) is 9.09. The van der Waals surface area contributed by atoms with Gasteiger partial charge in [-0.15, -0.1) is 16.4 Å². The van der Waals surface area contributed by atoms with E-state index in [4.69, 9.17) is 0 Å². The lowest BCUT2D eigenvalue weighted by atomic mass is 10.2. The largest absolute Gasteiger partial charge is 0.265 e. The molecule has 0 aliphatic rings. The van der Waals surface area contributed by atoms with E-state index in [1.165, 1.54) is 24.6 Å². The van der Waals surface area contributed by atoms with Crippen LogP contribution in [0.5, 0.6) is 0 Å². The first-order valence-electron chi connectivity index (χ1n) is 6.78. The molecule has 0 saturated carbocycles. The lowest BCUT2D eigenvalue weighted by Crippen LogP contribution is -2.27. The summed E-state index contributed by atoms with van der Waals surface area (Å²) in [5.41, 5.74) is 1.69. The highest BCUT2D eigenvalue weighted by Gasteiger charge is 2.23. The lowest BCUT2D eigenvalue weighted by molar-refractivity contribution is 0.593. The van der Waals surface area contributed by atoms with Crippen LogP contribution in [0, 0.1) is 6.92 Å². The van der Waals surface area contributed by atoms with Crippen LogP contribution >= 0.6 is 11.3 Å². The van der Waals surface area contributed by atoms with Gasteiger partial charge < -0.3 is 0 Å². The summed E-state index contributed by atoms with van der Waals surface area (Å²) >= 11 is 1.48. The lowest BCUT2D eigenvalue weighted by Gasteiger charge is -2.17. The second-order valence-corrected chi connectivity index (χ2v) is 7.70. The van der Waals surface area contributed by atoms with E-state index >= 15 is 0 Å². The van der Waals surface area contributed by atoms with Gasteiger partial charge in [-0.05, 0) is 31.2 Å². The normalized spacial score (nSPS) is 11.4. The summed E-state index contributed by atoms with van der Waals surface area (Å²) in [6.45, 7) is 1.91. The Hall–Kier alpha value is -2.32. The van der Waals surface area contributed by atoms with E-state index in [-0.39, 0.29) is 10.7 Å². The Morgan fingerprint density at radius 2 is 2.00 bits per heavy atom. The fourth-order valence-electron chi connectivity index (χ4n) is 2.02. The molecule has 0 amide bonds. The maximum absolute atomic E-state index is 12.8. The summed E-state index contributed by atoms with van der Waals surface area (Å²) in [5.74, 6) is 0.267. The number of sulfonamides is 1. The molecule has 0 N–H and O–H groups in total. The Kier molecular flexibility index (Phi) is 4.10. The molecule has 0 aliphatic carbocycles. The van der Waals surface area contributed by atoms with Gasteiger partial charge in [0.1, 0.15) is 5.01 Å². The number of benzene rings is 1. The van der Waals surface area contributed by atoms with Crippen molar-refractivity contribution in [3.05, 3.63) is 53.7 Å². The first kappa shape index (κ1) is 15.6. The average molecular weight is 346 g/mol. The molecule has 0 unspecified atom stereocenters. The number of anilines is 1. The fraction of sp³-hybridized carbons (Fsp3) is 0.133. The van der Waals surface area contributed by atoms with Gasteiger partial charge >= 0.3 is 0 Å². The van der Waals surface area contributed by atoms with E-state index in [0.29, 0.717) is 0 Å². The maximum atomic E-state index is 12.8. The smallest absolute Gasteiger partial charge is 0.251 e. The summed E-state index contributed by atoms with van der Waals surface area (Å²) < 4.78 is 26.6. The predicted octanol–water partition coefficient (Wildman–Crippen LogP) is 2.73. The standard InChI is InChI=1S/C15H14N4O2S2/c1-11-10-22-15(17-11)12-5-3-6-13(9-12)23(20,21)19(2)14-7-4-8-16-18-14/h3-10H,1-2H3. The molecule has 0 fully saturated rings. The molecule has 3 rings (SSSR count). The Labute approximate surface area is 138 Å². The zero-order valence-corrected chi connectivity index (χ0v) is 14.2. The van der Waals surface area contributed by atoms with Crippen LogP contribution in [-0.4, -0.2) is 30.6 Å². The molecule has 0 spiro atoms. The van der Waals surface area contributed by atoms with Crippen molar-refractivity contribution in [2.75, 3.05) is 11.4 Å². The van der Waals surface area contributed by atoms with Crippen molar-refractivity contribution in [1.82, 2.24) is 15.2 Å². The number of thiazole rings is 1. The molecule has 0 radical (unpaired) electrons. The van der Waals surface area contributed by atoms with Crippen LogP contribution in [0.2, 0.25) is 0 Å². The molecule has 0 bridgehead atoms. The molecule has 2 aromatic heterocycles. The fourth-order valence-corrected chi connectivity index (χ4v) is 4.00. The van der Waals surface area contributed by atoms with E-state index in [9.17, 15) is 8.42 Å². The van der Waals surface area contributed by atoms with Crippen molar-refractivity contribution in [2.45, 2.75) is 11.8 Å². The number of aryl methyl sites for hydroxylation is 1. The zero-order valence-electron chi connectivity index (χ0n) is 12.5. The van der Waals surface area contributed by atoms with E-state index < -0.39 is 10.0 Å². The van der Waals surface area contributed by atoms with Crippen LogP contribution in [0.25, 0.3) is 10.6 Å². The van der Waals surface area contributed by atoms with Crippen LogP contribution < -0.4 is 4.31 Å². The van der Waals surface area contributed by atoms with Crippen LogP contribution in [0.4, 0.5) is 5.82 Å². The second-order valence-electron chi connectivity index (χ2n) is 4.88. The Morgan fingerprint density at radius 3 is 2.65 bits per heavy atom. The quantitative estimate of drug-likeness (QED) is 0.726. The van der Waals surface area contributed by atoms with Gasteiger partial charge in [-0.3, -0.25) is 4.31 Å². The minimum absolute atomic E-state index is 0.191. The molecule has 6 nitrogen and oxygen atoms in total. The Balaban J connectivity index is 2.01. The van der Waals surface area contributed by atoms with Crippen LogP contribution in [0.1, 0.15) is 5.69 Å². The van der Waals surface area contributed by atoms with Gasteiger partial charge in [0, 0.05) is 29.9 Å². The van der Waals surface area contributed by atoms with Crippen LogP contribution in [0.3, 0.4) is 0 Å². The highest BCUT2D eigenvalue weighted by Crippen LogP contribution is 2.27. The van der Waals surface area contributed by atoms with Gasteiger partial charge in [0.25, 0.3) is 10.0 Å². The summed E-state index contributed by atoms with van der Waals surface area (Å²) in [6, 6.07) is 9.98. The summed E-state index contributed by atoms with van der Waals surface area (Å²) in [7, 11) is -2.25. The molecule has 8 heteroatoms. The van der Waals surface area contributed by atoms with E-state index in [2.05, 4.69) is 15.2 Å². The highest BCUT2D eigenvalue weighted by molar-refractivity contribution is 7.92. The molecule has 2 heterocycles. The minimum atomic E-state index is -3.71. The highest BCUT2D eigenvalue weighted by atomic mass is 32.2. The van der Waals surface area contributed by atoms with E-state index in [1.54, 1.807) is 30.3 Å². The molecule has 118 valence electrons. The van der Waals surface area contributed by atoms with Crippen LogP contribution in [-0.2, 0) is 10.0 Å². The van der Waals surface area contributed by atoms with Gasteiger partial charge in [0.05, 0.1) is 4.90 Å². The topological polar surface area (TPSA) is 76.1 Å². The van der Waals surface area contributed by atoms with Gasteiger partial charge in [-0.1, -0.05) is 12.1 Å². The van der Waals surface area contributed by atoms with Crippen molar-refractivity contribution in [3.63, 3.8) is 0 Å². The predicted molar refractivity (Wildman–Crippen MR) is 89.9 cm³/mol. The van der Waals surface area contributed by atoms with E-state index in [0.717, 1.165) is 20.6 Å².